The maximum Gasteiger partial charge on any atom is 0.313 e. The number of hydrogen-bond acceptors (Lipinski definition) is 3. The maximum atomic E-state index is 12.9. The van der Waals surface area contributed by atoms with Crippen molar-refractivity contribution in [2.24, 2.45) is 0 Å². The molecule has 0 atom stereocenters. The Balaban J connectivity index is 1.58. The minimum Gasteiger partial charge on any atom is -0.344 e. The summed E-state index contributed by atoms with van der Waals surface area (Å²) in [6.45, 7) is 2.67. The molecule has 140 valence electrons. The number of aryl methyl sites for hydroxylation is 1. The smallest absolute Gasteiger partial charge is 0.313 e. The first kappa shape index (κ1) is 18.6. The van der Waals surface area contributed by atoms with Gasteiger partial charge in [-0.3, -0.25) is 14.4 Å². The van der Waals surface area contributed by atoms with Crippen molar-refractivity contribution in [3.63, 3.8) is 0 Å². The number of anilines is 2. The molecule has 1 fully saturated rings. The fourth-order valence-electron chi connectivity index (χ4n) is 2.99. The summed E-state index contributed by atoms with van der Waals surface area (Å²) in [5.74, 6) is -1.84. The van der Waals surface area contributed by atoms with Crippen LogP contribution in [0, 0.1) is 12.7 Å². The van der Waals surface area contributed by atoms with E-state index in [9.17, 15) is 18.8 Å². The molecular formula is C20H20FN3O3. The molecule has 1 saturated heterocycles. The number of carbonyl (C=O) groups is 3. The summed E-state index contributed by atoms with van der Waals surface area (Å²) in [7, 11) is 0. The quantitative estimate of drug-likeness (QED) is 0.813. The lowest BCUT2D eigenvalue weighted by atomic mass is 10.1. The van der Waals surface area contributed by atoms with Gasteiger partial charge in [0, 0.05) is 30.9 Å². The zero-order valence-corrected chi connectivity index (χ0v) is 14.9. The molecule has 1 aliphatic heterocycles. The van der Waals surface area contributed by atoms with E-state index in [1.807, 2.05) is 6.92 Å². The molecule has 6 nitrogen and oxygen atoms in total. The summed E-state index contributed by atoms with van der Waals surface area (Å²) in [5, 5.41) is 5.03. The van der Waals surface area contributed by atoms with Gasteiger partial charge >= 0.3 is 11.8 Å². The molecule has 3 amide bonds. The second-order valence-electron chi connectivity index (χ2n) is 6.41. The van der Waals surface area contributed by atoms with Crippen molar-refractivity contribution < 1.29 is 18.8 Å². The third-order valence-electron chi connectivity index (χ3n) is 4.39. The van der Waals surface area contributed by atoms with Crippen LogP contribution in [0.4, 0.5) is 15.8 Å². The van der Waals surface area contributed by atoms with E-state index in [4.69, 9.17) is 0 Å². The number of rotatable bonds is 4. The Morgan fingerprint density at radius 1 is 1.11 bits per heavy atom. The molecule has 3 rings (SSSR count). The molecule has 0 aliphatic carbocycles. The number of nitrogens with zero attached hydrogens (tertiary/aromatic N) is 1. The summed E-state index contributed by atoms with van der Waals surface area (Å²) in [6.07, 6.45) is 1.39. The highest BCUT2D eigenvalue weighted by atomic mass is 19.1. The van der Waals surface area contributed by atoms with Gasteiger partial charge in [-0.2, -0.15) is 0 Å². The Bertz CT molecular complexity index is 881. The van der Waals surface area contributed by atoms with E-state index in [1.165, 1.54) is 24.3 Å². The van der Waals surface area contributed by atoms with E-state index in [2.05, 4.69) is 10.6 Å². The van der Waals surface area contributed by atoms with Crippen LogP contribution in [-0.2, 0) is 20.9 Å². The minimum absolute atomic E-state index is 0.0926. The molecule has 0 radical (unpaired) electrons. The largest absolute Gasteiger partial charge is 0.344 e. The molecule has 0 aromatic heterocycles. The first-order chi connectivity index (χ1) is 12.9. The lowest BCUT2D eigenvalue weighted by molar-refractivity contribution is -0.136. The first-order valence-electron chi connectivity index (χ1n) is 8.68. The molecule has 2 aromatic rings. The van der Waals surface area contributed by atoms with E-state index in [-0.39, 0.29) is 18.3 Å². The highest BCUT2D eigenvalue weighted by molar-refractivity contribution is 6.39. The zero-order chi connectivity index (χ0) is 19.4. The molecule has 0 unspecified atom stereocenters. The number of benzene rings is 2. The summed E-state index contributed by atoms with van der Waals surface area (Å²) in [5.41, 5.74) is 2.82. The van der Waals surface area contributed by atoms with Gasteiger partial charge in [0.05, 0.1) is 0 Å². The summed E-state index contributed by atoms with van der Waals surface area (Å²) >= 11 is 0. The van der Waals surface area contributed by atoms with Crippen molar-refractivity contribution >= 4 is 29.1 Å². The van der Waals surface area contributed by atoms with E-state index in [1.54, 1.807) is 23.1 Å². The summed E-state index contributed by atoms with van der Waals surface area (Å²) in [6, 6.07) is 10.8. The van der Waals surface area contributed by atoms with E-state index in [0.29, 0.717) is 24.2 Å². The van der Waals surface area contributed by atoms with Crippen LogP contribution in [0.25, 0.3) is 0 Å². The Morgan fingerprint density at radius 3 is 2.48 bits per heavy atom. The van der Waals surface area contributed by atoms with E-state index < -0.39 is 11.8 Å². The topological polar surface area (TPSA) is 78.5 Å². The molecule has 2 aromatic carbocycles. The molecule has 0 spiro atoms. The molecule has 1 heterocycles. The number of nitrogens with one attached hydrogen (secondary N) is 2. The van der Waals surface area contributed by atoms with Crippen LogP contribution in [0.2, 0.25) is 0 Å². The van der Waals surface area contributed by atoms with Gasteiger partial charge in [-0.25, -0.2) is 4.39 Å². The maximum absolute atomic E-state index is 12.9. The van der Waals surface area contributed by atoms with Crippen LogP contribution in [0.1, 0.15) is 24.0 Å². The second-order valence-corrected chi connectivity index (χ2v) is 6.41. The normalized spacial score (nSPS) is 13.6. The highest BCUT2D eigenvalue weighted by Gasteiger charge is 2.23. The van der Waals surface area contributed by atoms with Crippen molar-refractivity contribution in [2.45, 2.75) is 26.3 Å². The van der Waals surface area contributed by atoms with Gasteiger partial charge in [-0.15, -0.1) is 0 Å². The van der Waals surface area contributed by atoms with Crippen LogP contribution in [0.15, 0.2) is 42.5 Å². The average molecular weight is 369 g/mol. The number of halogens is 1. The molecule has 0 bridgehead atoms. The summed E-state index contributed by atoms with van der Waals surface area (Å²) in [4.78, 5) is 37.6. The van der Waals surface area contributed by atoms with Crippen molar-refractivity contribution in [1.82, 2.24) is 5.32 Å². The molecule has 0 saturated carbocycles. The van der Waals surface area contributed by atoms with E-state index >= 15 is 0 Å². The SMILES string of the molecule is Cc1cc(NC(=O)C(=O)NCc2ccc(F)cc2)ccc1N1CCCC1=O. The zero-order valence-electron chi connectivity index (χ0n) is 14.9. The van der Waals surface area contributed by atoms with Crippen molar-refractivity contribution in [2.75, 3.05) is 16.8 Å². The summed E-state index contributed by atoms with van der Waals surface area (Å²) < 4.78 is 12.9. The predicted octanol–water partition coefficient (Wildman–Crippen LogP) is 2.52. The Kier molecular flexibility index (Phi) is 5.49. The van der Waals surface area contributed by atoms with E-state index in [0.717, 1.165) is 17.7 Å². The van der Waals surface area contributed by atoms with Crippen molar-refractivity contribution in [1.29, 1.82) is 0 Å². The lowest BCUT2D eigenvalue weighted by Gasteiger charge is -2.19. The Hall–Kier alpha value is -3.22. The van der Waals surface area contributed by atoms with Crippen LogP contribution in [0.3, 0.4) is 0 Å². The number of hydrogen-bond donors (Lipinski definition) is 2. The predicted molar refractivity (Wildman–Crippen MR) is 99.6 cm³/mol. The third kappa shape index (κ3) is 4.49. The van der Waals surface area contributed by atoms with Crippen LogP contribution in [-0.4, -0.2) is 24.3 Å². The van der Waals surface area contributed by atoms with Crippen LogP contribution >= 0.6 is 0 Å². The first-order valence-corrected chi connectivity index (χ1v) is 8.68. The Morgan fingerprint density at radius 2 is 1.85 bits per heavy atom. The van der Waals surface area contributed by atoms with Crippen LogP contribution < -0.4 is 15.5 Å². The molecular weight excluding hydrogens is 349 g/mol. The second kappa shape index (κ2) is 7.99. The fraction of sp³-hybridized carbons (Fsp3) is 0.250. The van der Waals surface area contributed by atoms with Gasteiger partial charge in [0.1, 0.15) is 5.82 Å². The van der Waals surface area contributed by atoms with Crippen molar-refractivity contribution in [3.05, 3.63) is 59.4 Å². The molecule has 27 heavy (non-hydrogen) atoms. The van der Waals surface area contributed by atoms with Gasteiger partial charge in [-0.05, 0) is 54.8 Å². The monoisotopic (exact) mass is 369 g/mol. The number of amides is 3. The van der Waals surface area contributed by atoms with Gasteiger partial charge < -0.3 is 15.5 Å². The van der Waals surface area contributed by atoms with Gasteiger partial charge in [-0.1, -0.05) is 12.1 Å². The molecule has 2 N–H and O–H groups in total. The average Bonchev–Trinajstić information content (AvgIpc) is 3.07. The Labute approximate surface area is 156 Å². The fourth-order valence-corrected chi connectivity index (χ4v) is 2.99. The lowest BCUT2D eigenvalue weighted by Crippen LogP contribution is -2.35. The highest BCUT2D eigenvalue weighted by Crippen LogP contribution is 2.27. The molecule has 1 aliphatic rings. The van der Waals surface area contributed by atoms with Gasteiger partial charge in [0.15, 0.2) is 0 Å². The minimum atomic E-state index is -0.790. The molecule has 7 heteroatoms. The van der Waals surface area contributed by atoms with Crippen LogP contribution in [0.5, 0.6) is 0 Å². The van der Waals surface area contributed by atoms with Crippen molar-refractivity contribution in [3.8, 4) is 0 Å². The van der Waals surface area contributed by atoms with Gasteiger partial charge in [0.2, 0.25) is 5.91 Å². The standard InChI is InChI=1S/C20H20FN3O3/c1-13-11-16(8-9-17(13)24-10-2-3-18(24)25)23-20(27)19(26)22-12-14-4-6-15(21)7-5-14/h4-9,11H,2-3,10,12H2,1H3,(H,22,26)(H,23,27). The third-order valence-corrected chi connectivity index (χ3v) is 4.39. The van der Waals surface area contributed by atoms with Gasteiger partial charge in [0.25, 0.3) is 0 Å². The number of carbonyl (C=O) groups excluding carboxylic acids is 3.